The maximum absolute atomic E-state index is 9.96. The zero-order valence-corrected chi connectivity index (χ0v) is 13.5. The highest BCUT2D eigenvalue weighted by molar-refractivity contribution is 9.10. The average Bonchev–Trinajstić information content (AvgIpc) is 2.39. The van der Waals surface area contributed by atoms with Gasteiger partial charge in [-0.3, -0.25) is 0 Å². The van der Waals surface area contributed by atoms with Gasteiger partial charge >= 0.3 is 0 Å². The number of anilines is 1. The number of hydrogen-bond donors (Lipinski definition) is 2. The topological polar surface area (TPSA) is 43.7 Å². The predicted octanol–water partition coefficient (Wildman–Crippen LogP) is 3.49. The van der Waals surface area contributed by atoms with Crippen LogP contribution in [-0.2, 0) is 0 Å². The highest BCUT2D eigenvalue weighted by Crippen LogP contribution is 2.31. The van der Waals surface area contributed by atoms with Gasteiger partial charge in [-0.05, 0) is 38.0 Å². The van der Waals surface area contributed by atoms with E-state index in [1.807, 2.05) is 18.2 Å². The highest BCUT2D eigenvalue weighted by atomic mass is 79.9. The first-order valence-corrected chi connectivity index (χ1v) is 7.69. The Kier molecular flexibility index (Phi) is 6.83. The van der Waals surface area contributed by atoms with E-state index in [-0.39, 0.29) is 6.61 Å². The van der Waals surface area contributed by atoms with Crippen LogP contribution in [0.4, 0.5) is 5.69 Å². The van der Waals surface area contributed by atoms with E-state index in [4.69, 9.17) is 0 Å². The minimum absolute atomic E-state index is 0.117. The monoisotopic (exact) mass is 329 g/mol. The molecule has 0 saturated heterocycles. The molecule has 1 atom stereocenters. The number of nitrogens with zero attached hydrogens (tertiary/aromatic N) is 1. The lowest BCUT2D eigenvalue weighted by Gasteiger charge is -2.34. The van der Waals surface area contributed by atoms with Crippen LogP contribution in [0.15, 0.2) is 22.7 Å². The third kappa shape index (κ3) is 4.20. The van der Waals surface area contributed by atoms with Gasteiger partial charge < -0.3 is 15.1 Å². The lowest BCUT2D eigenvalue weighted by atomic mass is 10.0. The molecule has 0 aromatic heterocycles. The Labute approximate surface area is 124 Å². The van der Waals surface area contributed by atoms with Crippen LogP contribution in [-0.4, -0.2) is 29.4 Å². The lowest BCUT2D eigenvalue weighted by Crippen LogP contribution is -2.37. The molecule has 0 bridgehead atoms. The summed E-state index contributed by atoms with van der Waals surface area (Å²) in [5, 5.41) is 19.3. The van der Waals surface area contributed by atoms with Crippen LogP contribution in [0, 0.1) is 0 Å². The summed E-state index contributed by atoms with van der Waals surface area (Å²) in [4.78, 5) is 2.20. The number of aliphatic hydroxyl groups is 2. The molecule has 1 unspecified atom stereocenters. The number of benzene rings is 1. The quantitative estimate of drug-likeness (QED) is 0.804. The van der Waals surface area contributed by atoms with Crippen molar-refractivity contribution in [3.8, 4) is 0 Å². The van der Waals surface area contributed by atoms with Gasteiger partial charge in [-0.15, -0.1) is 0 Å². The van der Waals surface area contributed by atoms with Gasteiger partial charge in [0.2, 0.25) is 0 Å². The smallest absolute Gasteiger partial charge is 0.0782 e. The lowest BCUT2D eigenvalue weighted by molar-refractivity contribution is 0.199. The van der Waals surface area contributed by atoms with Crippen molar-refractivity contribution in [1.82, 2.24) is 0 Å². The van der Waals surface area contributed by atoms with Crippen LogP contribution >= 0.6 is 15.9 Å². The summed E-state index contributed by atoms with van der Waals surface area (Å²) in [6.07, 6.45) is 1.51. The van der Waals surface area contributed by atoms with Crippen molar-refractivity contribution in [3.05, 3.63) is 28.2 Å². The molecule has 0 radical (unpaired) electrons. The summed E-state index contributed by atoms with van der Waals surface area (Å²) in [6, 6.07) is 6.33. The van der Waals surface area contributed by atoms with Crippen molar-refractivity contribution in [2.75, 3.05) is 18.1 Å². The number of halogens is 1. The van der Waals surface area contributed by atoms with E-state index in [1.165, 1.54) is 0 Å². The summed E-state index contributed by atoms with van der Waals surface area (Å²) in [6.45, 7) is 6.79. The fraction of sp³-hybridized carbons (Fsp3) is 0.600. The molecular weight excluding hydrogens is 306 g/mol. The molecule has 0 aliphatic rings. The molecule has 1 aromatic rings. The first kappa shape index (κ1) is 16.5. The van der Waals surface area contributed by atoms with Crippen LogP contribution < -0.4 is 4.90 Å². The van der Waals surface area contributed by atoms with Crippen molar-refractivity contribution in [1.29, 1.82) is 0 Å². The minimum Gasteiger partial charge on any atom is -0.395 e. The minimum atomic E-state index is -0.525. The Balaban J connectivity index is 3.21. The molecule has 1 aromatic carbocycles. The van der Waals surface area contributed by atoms with E-state index in [2.05, 4.69) is 34.7 Å². The zero-order valence-electron chi connectivity index (χ0n) is 11.9. The van der Waals surface area contributed by atoms with Crippen molar-refractivity contribution in [3.63, 3.8) is 0 Å². The third-order valence-electron chi connectivity index (χ3n) is 3.47. The van der Waals surface area contributed by atoms with Gasteiger partial charge in [-0.25, -0.2) is 0 Å². The summed E-state index contributed by atoms with van der Waals surface area (Å²) >= 11 is 3.44. The summed E-state index contributed by atoms with van der Waals surface area (Å²) in [5.41, 5.74) is 1.91. The van der Waals surface area contributed by atoms with Crippen molar-refractivity contribution >= 4 is 21.6 Å². The molecule has 1 rings (SSSR count). The normalized spacial score (nSPS) is 12.8. The van der Waals surface area contributed by atoms with Crippen LogP contribution in [0.2, 0.25) is 0 Å². The third-order valence-corrected chi connectivity index (χ3v) is 3.97. The van der Waals surface area contributed by atoms with Gasteiger partial charge in [0.05, 0.1) is 12.7 Å². The molecule has 19 heavy (non-hydrogen) atoms. The molecule has 0 aliphatic carbocycles. The molecule has 0 aliphatic heterocycles. The second kappa shape index (κ2) is 7.88. The summed E-state index contributed by atoms with van der Waals surface area (Å²) in [7, 11) is 0. The molecule has 0 heterocycles. The van der Waals surface area contributed by atoms with Crippen molar-refractivity contribution < 1.29 is 10.2 Å². The molecule has 108 valence electrons. The van der Waals surface area contributed by atoms with Crippen LogP contribution in [0.5, 0.6) is 0 Å². The zero-order chi connectivity index (χ0) is 14.4. The molecule has 4 heteroatoms. The Hall–Kier alpha value is -0.580. The van der Waals surface area contributed by atoms with Gasteiger partial charge in [0, 0.05) is 28.3 Å². The second-order valence-electron chi connectivity index (χ2n) is 4.77. The fourth-order valence-electron chi connectivity index (χ4n) is 2.46. The standard InChI is InChI=1S/C15H24BrNO2/c1-4-13(5-2)17(8-9-18)15-7-6-12(16)10-14(15)11(3)19/h6-7,10-11,13,18-19H,4-5,8-9H2,1-3H3. The van der Waals surface area contributed by atoms with Gasteiger partial charge in [-0.1, -0.05) is 29.8 Å². The van der Waals surface area contributed by atoms with Gasteiger partial charge in [0.25, 0.3) is 0 Å². The Bertz CT molecular complexity index is 392. The molecule has 0 amide bonds. The van der Waals surface area contributed by atoms with Gasteiger partial charge in [0.15, 0.2) is 0 Å². The van der Waals surface area contributed by atoms with E-state index < -0.39 is 6.10 Å². The second-order valence-corrected chi connectivity index (χ2v) is 5.68. The average molecular weight is 330 g/mol. The molecule has 3 nitrogen and oxygen atoms in total. The Morgan fingerprint density at radius 1 is 1.26 bits per heavy atom. The number of rotatable bonds is 7. The highest BCUT2D eigenvalue weighted by Gasteiger charge is 2.20. The fourth-order valence-corrected chi connectivity index (χ4v) is 2.84. The van der Waals surface area contributed by atoms with Gasteiger partial charge in [-0.2, -0.15) is 0 Å². The van der Waals surface area contributed by atoms with E-state index >= 15 is 0 Å². The largest absolute Gasteiger partial charge is 0.395 e. The predicted molar refractivity (Wildman–Crippen MR) is 83.6 cm³/mol. The molecule has 0 fully saturated rings. The van der Waals surface area contributed by atoms with E-state index in [9.17, 15) is 10.2 Å². The number of aliphatic hydroxyl groups excluding tert-OH is 2. The Morgan fingerprint density at radius 2 is 1.89 bits per heavy atom. The van der Waals surface area contributed by atoms with Gasteiger partial charge in [0.1, 0.15) is 0 Å². The van der Waals surface area contributed by atoms with Crippen LogP contribution in [0.25, 0.3) is 0 Å². The Morgan fingerprint density at radius 3 is 2.37 bits per heavy atom. The maximum atomic E-state index is 9.96. The molecule has 0 spiro atoms. The SMILES string of the molecule is CCC(CC)N(CCO)c1ccc(Br)cc1C(C)O. The van der Waals surface area contributed by atoms with E-state index in [1.54, 1.807) is 6.92 Å². The van der Waals surface area contributed by atoms with Crippen molar-refractivity contribution in [2.45, 2.75) is 45.8 Å². The molecule has 2 N–H and O–H groups in total. The first-order valence-electron chi connectivity index (χ1n) is 6.90. The molecule has 0 saturated carbocycles. The maximum Gasteiger partial charge on any atom is 0.0782 e. The number of hydrogen-bond acceptors (Lipinski definition) is 3. The van der Waals surface area contributed by atoms with E-state index in [0.29, 0.717) is 12.6 Å². The van der Waals surface area contributed by atoms with E-state index in [0.717, 1.165) is 28.6 Å². The first-order chi connectivity index (χ1) is 9.04. The summed E-state index contributed by atoms with van der Waals surface area (Å²) in [5.74, 6) is 0. The summed E-state index contributed by atoms with van der Waals surface area (Å²) < 4.78 is 0.959. The molecular formula is C15H24BrNO2. The van der Waals surface area contributed by atoms with Crippen LogP contribution in [0.3, 0.4) is 0 Å². The van der Waals surface area contributed by atoms with Crippen molar-refractivity contribution in [2.24, 2.45) is 0 Å². The van der Waals surface area contributed by atoms with Crippen LogP contribution in [0.1, 0.15) is 45.3 Å².